The first-order valence-electron chi connectivity index (χ1n) is 11.4. The molecule has 32 heavy (non-hydrogen) atoms. The summed E-state index contributed by atoms with van der Waals surface area (Å²) >= 11 is 1.71. The van der Waals surface area contributed by atoms with Crippen molar-refractivity contribution in [3.8, 4) is 5.75 Å². The first-order valence-corrected chi connectivity index (χ1v) is 12.4. The van der Waals surface area contributed by atoms with E-state index in [1.807, 2.05) is 41.4 Å². The van der Waals surface area contributed by atoms with E-state index >= 15 is 0 Å². The molecular formula is C24H32N4O3S. The molecule has 2 aliphatic rings. The van der Waals surface area contributed by atoms with Gasteiger partial charge in [-0.15, -0.1) is 0 Å². The Bertz CT molecular complexity index is 877. The summed E-state index contributed by atoms with van der Waals surface area (Å²) in [5.41, 5.74) is 2.18. The number of nitrogens with zero attached hydrogens (tertiary/aromatic N) is 4. The average Bonchev–Trinajstić information content (AvgIpc) is 2.85. The van der Waals surface area contributed by atoms with Gasteiger partial charge in [-0.05, 0) is 37.5 Å². The van der Waals surface area contributed by atoms with E-state index in [1.165, 1.54) is 0 Å². The molecule has 0 aliphatic carbocycles. The Morgan fingerprint density at radius 1 is 1.22 bits per heavy atom. The molecule has 172 valence electrons. The second-order valence-electron chi connectivity index (χ2n) is 8.30. The second kappa shape index (κ2) is 11.6. The number of benzene rings is 1. The van der Waals surface area contributed by atoms with Crippen molar-refractivity contribution >= 4 is 17.7 Å². The number of carbonyl (C=O) groups excluding carboxylic acids is 1. The van der Waals surface area contributed by atoms with Gasteiger partial charge in [-0.2, -0.15) is 0 Å². The Labute approximate surface area is 194 Å². The van der Waals surface area contributed by atoms with Crippen LogP contribution in [0.5, 0.6) is 5.75 Å². The number of aryl methyl sites for hydroxylation is 1. The smallest absolute Gasteiger partial charge is 0.260 e. The third-order valence-corrected chi connectivity index (χ3v) is 6.84. The summed E-state index contributed by atoms with van der Waals surface area (Å²) in [4.78, 5) is 26.5. The molecule has 8 heteroatoms. The van der Waals surface area contributed by atoms with Crippen molar-refractivity contribution in [3.63, 3.8) is 0 Å². The van der Waals surface area contributed by atoms with Gasteiger partial charge in [-0.3, -0.25) is 9.69 Å². The molecular weight excluding hydrogens is 424 g/mol. The number of para-hydroxylation sites is 1. The maximum absolute atomic E-state index is 12.7. The molecule has 0 saturated carbocycles. The average molecular weight is 457 g/mol. The number of rotatable bonds is 8. The summed E-state index contributed by atoms with van der Waals surface area (Å²) in [5, 5.41) is 0.828. The predicted molar refractivity (Wildman–Crippen MR) is 125 cm³/mol. The maximum Gasteiger partial charge on any atom is 0.260 e. The van der Waals surface area contributed by atoms with Crippen LogP contribution in [0.15, 0.2) is 41.7 Å². The normalized spacial score (nSPS) is 19.7. The zero-order valence-electron chi connectivity index (χ0n) is 18.7. The van der Waals surface area contributed by atoms with Crippen LogP contribution in [0, 0.1) is 6.92 Å². The molecule has 0 unspecified atom stereocenters. The minimum atomic E-state index is 0.0328. The van der Waals surface area contributed by atoms with Crippen LogP contribution in [-0.4, -0.2) is 84.0 Å². The Balaban J connectivity index is 1.31. The highest BCUT2D eigenvalue weighted by Crippen LogP contribution is 2.29. The molecule has 0 N–H and O–H groups in total. The van der Waals surface area contributed by atoms with Crippen molar-refractivity contribution in [1.82, 2.24) is 19.8 Å². The standard InChI is InChI=1S/C24H32N4O3S/c1-19-16-25-24(32-15-12-27-10-13-30-14-11-27)26-23(19)20-6-5-9-28(17-20)22(29)18-31-21-7-3-2-4-8-21/h2-4,7-8,16,20H,5-6,9-15,17-18H2,1H3/t20-/m0/s1. The summed E-state index contributed by atoms with van der Waals surface area (Å²) in [7, 11) is 0. The Morgan fingerprint density at radius 2 is 2.03 bits per heavy atom. The van der Waals surface area contributed by atoms with Crippen LogP contribution in [0.2, 0.25) is 0 Å². The monoisotopic (exact) mass is 456 g/mol. The molecule has 0 bridgehead atoms. The molecule has 7 nitrogen and oxygen atoms in total. The second-order valence-corrected chi connectivity index (χ2v) is 9.37. The zero-order valence-corrected chi connectivity index (χ0v) is 19.6. The number of ether oxygens (including phenoxy) is 2. The quantitative estimate of drug-likeness (QED) is 0.447. The molecule has 2 aromatic rings. The van der Waals surface area contributed by atoms with E-state index in [-0.39, 0.29) is 18.4 Å². The lowest BCUT2D eigenvalue weighted by Gasteiger charge is -2.33. The molecule has 1 aromatic heterocycles. The Morgan fingerprint density at radius 3 is 2.84 bits per heavy atom. The van der Waals surface area contributed by atoms with Gasteiger partial charge in [0.1, 0.15) is 5.75 Å². The van der Waals surface area contributed by atoms with Crippen LogP contribution in [0.1, 0.15) is 30.0 Å². The van der Waals surface area contributed by atoms with E-state index in [0.29, 0.717) is 6.54 Å². The number of piperidine rings is 1. The summed E-state index contributed by atoms with van der Waals surface area (Å²) < 4.78 is 11.1. The van der Waals surface area contributed by atoms with Gasteiger partial charge in [0.25, 0.3) is 5.91 Å². The predicted octanol–water partition coefficient (Wildman–Crippen LogP) is 2.99. The Hall–Kier alpha value is -2.16. The van der Waals surface area contributed by atoms with Crippen molar-refractivity contribution in [2.75, 3.05) is 58.3 Å². The van der Waals surface area contributed by atoms with Gasteiger partial charge in [0, 0.05) is 50.6 Å². The van der Waals surface area contributed by atoms with E-state index in [2.05, 4.69) is 16.8 Å². The first kappa shape index (κ1) is 23.0. The first-order chi connectivity index (χ1) is 15.7. The number of hydrogen-bond donors (Lipinski definition) is 0. The maximum atomic E-state index is 12.7. The number of carbonyl (C=O) groups is 1. The van der Waals surface area contributed by atoms with Crippen molar-refractivity contribution in [1.29, 1.82) is 0 Å². The van der Waals surface area contributed by atoms with Gasteiger partial charge in [-0.25, -0.2) is 9.97 Å². The fourth-order valence-corrected chi connectivity index (χ4v) is 5.01. The number of likely N-dealkylation sites (tertiary alicyclic amines) is 1. The van der Waals surface area contributed by atoms with E-state index in [0.717, 1.165) is 80.2 Å². The lowest BCUT2D eigenvalue weighted by atomic mass is 9.92. The number of thioether (sulfide) groups is 1. The molecule has 0 spiro atoms. The summed E-state index contributed by atoms with van der Waals surface area (Å²) in [5.74, 6) is 1.96. The lowest BCUT2D eigenvalue weighted by molar-refractivity contribution is -0.134. The third-order valence-electron chi connectivity index (χ3n) is 6.00. The highest BCUT2D eigenvalue weighted by atomic mass is 32.2. The molecule has 2 fully saturated rings. The number of amides is 1. The molecule has 0 radical (unpaired) electrons. The highest BCUT2D eigenvalue weighted by Gasteiger charge is 2.27. The van der Waals surface area contributed by atoms with Crippen LogP contribution >= 0.6 is 11.8 Å². The molecule has 4 rings (SSSR count). The molecule has 1 amide bonds. The molecule has 1 aromatic carbocycles. The topological polar surface area (TPSA) is 67.8 Å². The molecule has 1 atom stereocenters. The minimum absolute atomic E-state index is 0.0328. The fraction of sp³-hybridized carbons (Fsp3) is 0.542. The SMILES string of the molecule is Cc1cnc(SCCN2CCOCC2)nc1[C@H]1CCCN(C(=O)COc2ccccc2)C1. The Kier molecular flexibility index (Phi) is 8.36. The van der Waals surface area contributed by atoms with Crippen molar-refractivity contribution < 1.29 is 14.3 Å². The van der Waals surface area contributed by atoms with Gasteiger partial charge in [-0.1, -0.05) is 30.0 Å². The molecule has 3 heterocycles. The van der Waals surface area contributed by atoms with Gasteiger partial charge >= 0.3 is 0 Å². The van der Waals surface area contributed by atoms with E-state index in [4.69, 9.17) is 14.5 Å². The van der Waals surface area contributed by atoms with Crippen molar-refractivity contribution in [2.24, 2.45) is 0 Å². The van der Waals surface area contributed by atoms with Crippen LogP contribution in [0.25, 0.3) is 0 Å². The van der Waals surface area contributed by atoms with Crippen molar-refractivity contribution in [2.45, 2.75) is 30.8 Å². The van der Waals surface area contributed by atoms with Gasteiger partial charge in [0.2, 0.25) is 0 Å². The van der Waals surface area contributed by atoms with Crippen molar-refractivity contribution in [3.05, 3.63) is 47.8 Å². The van der Waals surface area contributed by atoms with Crippen LogP contribution in [-0.2, 0) is 9.53 Å². The summed E-state index contributed by atoms with van der Waals surface area (Å²) in [6, 6.07) is 9.49. The van der Waals surface area contributed by atoms with E-state index in [9.17, 15) is 4.79 Å². The van der Waals surface area contributed by atoms with Gasteiger partial charge in [0.05, 0.1) is 18.9 Å². The fourth-order valence-electron chi connectivity index (χ4n) is 4.19. The van der Waals surface area contributed by atoms with E-state index in [1.54, 1.807) is 11.8 Å². The zero-order chi connectivity index (χ0) is 22.2. The lowest BCUT2D eigenvalue weighted by Crippen LogP contribution is -2.41. The minimum Gasteiger partial charge on any atom is -0.484 e. The van der Waals surface area contributed by atoms with Gasteiger partial charge in [0.15, 0.2) is 11.8 Å². The summed E-state index contributed by atoms with van der Waals surface area (Å²) in [6.07, 6.45) is 3.95. The molecule has 2 saturated heterocycles. The number of morpholine rings is 1. The van der Waals surface area contributed by atoms with E-state index < -0.39 is 0 Å². The van der Waals surface area contributed by atoms with Crippen LogP contribution in [0.3, 0.4) is 0 Å². The van der Waals surface area contributed by atoms with Crippen LogP contribution in [0.4, 0.5) is 0 Å². The largest absolute Gasteiger partial charge is 0.484 e. The summed E-state index contributed by atoms with van der Waals surface area (Å²) in [6.45, 7) is 8.27. The highest BCUT2D eigenvalue weighted by molar-refractivity contribution is 7.99. The van der Waals surface area contributed by atoms with Gasteiger partial charge < -0.3 is 14.4 Å². The molecule has 2 aliphatic heterocycles. The number of aromatic nitrogens is 2. The number of hydrogen-bond acceptors (Lipinski definition) is 7. The third kappa shape index (κ3) is 6.43. The van der Waals surface area contributed by atoms with Crippen LogP contribution < -0.4 is 4.74 Å².